The van der Waals surface area contributed by atoms with E-state index >= 15 is 0 Å². The molecule has 0 atom stereocenters. The fraction of sp³-hybridized carbons (Fsp3) is 0.273. The predicted octanol–water partition coefficient (Wildman–Crippen LogP) is 0.0901. The molecule has 0 saturated carbocycles. The Labute approximate surface area is 94.0 Å². The van der Waals surface area contributed by atoms with Crippen LogP contribution < -0.4 is 16.4 Å². The Morgan fingerprint density at radius 1 is 1.19 bits per heavy atom. The molecule has 2 amide bonds. The lowest BCUT2D eigenvalue weighted by molar-refractivity contribution is -0.118. The van der Waals surface area contributed by atoms with Crippen LogP contribution in [0.4, 0.5) is 5.69 Å². The maximum Gasteiger partial charge on any atom is 0.238 e. The summed E-state index contributed by atoms with van der Waals surface area (Å²) in [5.74, 6) is -0.522. The number of nitrogens with two attached hydrogens (primary N) is 1. The standard InChI is InChI=1S/C11H15N3O2/c12-10(15)6-7-13-8-11(16)14-9-4-2-1-3-5-9/h1-5,13H,6-8H2,(H2,12,15)(H,14,16). The van der Waals surface area contributed by atoms with Gasteiger partial charge in [-0.3, -0.25) is 9.59 Å². The van der Waals surface area contributed by atoms with Crippen LogP contribution in [0.1, 0.15) is 6.42 Å². The number of carbonyl (C=O) groups excluding carboxylic acids is 2. The van der Waals surface area contributed by atoms with Crippen molar-refractivity contribution in [2.24, 2.45) is 5.73 Å². The molecule has 16 heavy (non-hydrogen) atoms. The molecule has 1 aromatic carbocycles. The van der Waals surface area contributed by atoms with Gasteiger partial charge in [0, 0.05) is 18.7 Å². The monoisotopic (exact) mass is 221 g/mol. The fourth-order valence-electron chi connectivity index (χ4n) is 1.14. The van der Waals surface area contributed by atoms with Crippen LogP contribution in [0.2, 0.25) is 0 Å². The van der Waals surface area contributed by atoms with Crippen LogP contribution in [0.5, 0.6) is 0 Å². The SMILES string of the molecule is NC(=O)CCNCC(=O)Nc1ccccc1. The van der Waals surface area contributed by atoms with Crippen LogP contribution in [0.15, 0.2) is 30.3 Å². The number of nitrogens with one attached hydrogen (secondary N) is 2. The zero-order valence-corrected chi connectivity index (χ0v) is 8.90. The van der Waals surface area contributed by atoms with Gasteiger partial charge >= 0.3 is 0 Å². The normalized spacial score (nSPS) is 9.75. The van der Waals surface area contributed by atoms with E-state index in [0.29, 0.717) is 6.54 Å². The lowest BCUT2D eigenvalue weighted by Gasteiger charge is -2.05. The molecular weight excluding hydrogens is 206 g/mol. The van der Waals surface area contributed by atoms with Gasteiger partial charge in [-0.15, -0.1) is 0 Å². The number of rotatable bonds is 6. The summed E-state index contributed by atoms with van der Waals surface area (Å²) in [6, 6.07) is 9.18. The molecule has 0 aliphatic carbocycles. The Bertz CT molecular complexity index is 352. The summed E-state index contributed by atoms with van der Waals surface area (Å²) in [4.78, 5) is 21.8. The Morgan fingerprint density at radius 2 is 1.88 bits per heavy atom. The first-order valence-corrected chi connectivity index (χ1v) is 5.02. The maximum atomic E-state index is 11.4. The molecule has 0 aliphatic rings. The molecule has 0 fully saturated rings. The number of benzene rings is 1. The van der Waals surface area contributed by atoms with Gasteiger partial charge in [0.05, 0.1) is 6.54 Å². The number of hydrogen-bond acceptors (Lipinski definition) is 3. The highest BCUT2D eigenvalue weighted by Gasteiger charge is 2.01. The Balaban J connectivity index is 2.19. The van der Waals surface area contributed by atoms with Gasteiger partial charge in [-0.2, -0.15) is 0 Å². The van der Waals surface area contributed by atoms with E-state index in [4.69, 9.17) is 5.73 Å². The van der Waals surface area contributed by atoms with E-state index in [2.05, 4.69) is 10.6 Å². The van der Waals surface area contributed by atoms with E-state index in [9.17, 15) is 9.59 Å². The molecule has 86 valence electrons. The van der Waals surface area contributed by atoms with Crippen molar-refractivity contribution in [2.45, 2.75) is 6.42 Å². The summed E-state index contributed by atoms with van der Waals surface area (Å²) in [6.45, 7) is 0.583. The summed E-state index contributed by atoms with van der Waals surface area (Å²) < 4.78 is 0. The van der Waals surface area contributed by atoms with E-state index in [0.717, 1.165) is 5.69 Å². The van der Waals surface area contributed by atoms with Gasteiger partial charge in [0.15, 0.2) is 0 Å². The van der Waals surface area contributed by atoms with Crippen LogP contribution in [0.25, 0.3) is 0 Å². The van der Waals surface area contributed by atoms with Gasteiger partial charge in [-0.25, -0.2) is 0 Å². The van der Waals surface area contributed by atoms with Crippen LogP contribution in [-0.2, 0) is 9.59 Å². The summed E-state index contributed by atoms with van der Waals surface area (Å²) in [5.41, 5.74) is 5.71. The number of hydrogen-bond donors (Lipinski definition) is 3. The molecule has 0 spiro atoms. The molecule has 0 saturated heterocycles. The third-order valence-electron chi connectivity index (χ3n) is 1.89. The predicted molar refractivity (Wildman–Crippen MR) is 61.8 cm³/mol. The minimum Gasteiger partial charge on any atom is -0.370 e. The van der Waals surface area contributed by atoms with Gasteiger partial charge in [-0.1, -0.05) is 18.2 Å². The Hall–Kier alpha value is -1.88. The average Bonchev–Trinajstić information content (AvgIpc) is 2.25. The number of para-hydroxylation sites is 1. The van der Waals surface area contributed by atoms with Crippen molar-refractivity contribution in [2.75, 3.05) is 18.4 Å². The van der Waals surface area contributed by atoms with E-state index in [1.54, 1.807) is 12.1 Å². The highest BCUT2D eigenvalue weighted by molar-refractivity contribution is 5.92. The quantitative estimate of drug-likeness (QED) is 0.595. The minimum absolute atomic E-state index is 0.143. The largest absolute Gasteiger partial charge is 0.370 e. The maximum absolute atomic E-state index is 11.4. The van der Waals surface area contributed by atoms with Crippen molar-refractivity contribution < 1.29 is 9.59 Å². The molecular formula is C11H15N3O2. The first-order chi connectivity index (χ1) is 7.68. The van der Waals surface area contributed by atoms with Crippen molar-refractivity contribution in [3.63, 3.8) is 0 Å². The van der Waals surface area contributed by atoms with Crippen molar-refractivity contribution in [3.05, 3.63) is 30.3 Å². The third kappa shape index (κ3) is 5.11. The lowest BCUT2D eigenvalue weighted by Crippen LogP contribution is -2.30. The molecule has 1 rings (SSSR count). The van der Waals surface area contributed by atoms with Gasteiger partial charge < -0.3 is 16.4 Å². The molecule has 0 aliphatic heterocycles. The number of anilines is 1. The second-order valence-corrected chi connectivity index (χ2v) is 3.31. The van der Waals surface area contributed by atoms with E-state index in [1.807, 2.05) is 18.2 Å². The van der Waals surface area contributed by atoms with Gasteiger partial charge in [-0.05, 0) is 12.1 Å². The van der Waals surface area contributed by atoms with Crippen molar-refractivity contribution in [3.8, 4) is 0 Å². The second kappa shape index (κ2) is 6.58. The first-order valence-electron chi connectivity index (χ1n) is 5.02. The zero-order valence-electron chi connectivity index (χ0n) is 8.90. The number of amides is 2. The van der Waals surface area contributed by atoms with Crippen molar-refractivity contribution in [1.82, 2.24) is 5.32 Å². The number of carbonyl (C=O) groups is 2. The summed E-state index contributed by atoms with van der Waals surface area (Å²) >= 11 is 0. The van der Waals surface area contributed by atoms with Gasteiger partial charge in [0.25, 0.3) is 0 Å². The molecule has 0 bridgehead atoms. The summed E-state index contributed by atoms with van der Waals surface area (Å²) in [7, 11) is 0. The van der Waals surface area contributed by atoms with E-state index in [1.165, 1.54) is 0 Å². The molecule has 0 radical (unpaired) electrons. The summed E-state index contributed by atoms with van der Waals surface area (Å²) in [5, 5.41) is 5.54. The highest BCUT2D eigenvalue weighted by atomic mass is 16.2. The average molecular weight is 221 g/mol. The molecule has 5 heteroatoms. The molecule has 0 aromatic heterocycles. The lowest BCUT2D eigenvalue weighted by atomic mass is 10.3. The van der Waals surface area contributed by atoms with Gasteiger partial charge in [0.2, 0.25) is 11.8 Å². The molecule has 5 nitrogen and oxygen atoms in total. The summed E-state index contributed by atoms with van der Waals surface area (Å²) in [6.07, 6.45) is 0.235. The smallest absolute Gasteiger partial charge is 0.238 e. The van der Waals surface area contributed by atoms with Crippen LogP contribution >= 0.6 is 0 Å². The highest BCUT2D eigenvalue weighted by Crippen LogP contribution is 2.03. The third-order valence-corrected chi connectivity index (χ3v) is 1.89. The van der Waals surface area contributed by atoms with Crippen LogP contribution in [0, 0.1) is 0 Å². The number of primary amides is 1. The van der Waals surface area contributed by atoms with Crippen molar-refractivity contribution in [1.29, 1.82) is 0 Å². The van der Waals surface area contributed by atoms with Crippen LogP contribution in [0.3, 0.4) is 0 Å². The topological polar surface area (TPSA) is 84.2 Å². The van der Waals surface area contributed by atoms with Crippen molar-refractivity contribution >= 4 is 17.5 Å². The molecule has 1 aromatic rings. The van der Waals surface area contributed by atoms with E-state index < -0.39 is 0 Å². The second-order valence-electron chi connectivity index (χ2n) is 3.31. The Morgan fingerprint density at radius 3 is 2.50 bits per heavy atom. The minimum atomic E-state index is -0.379. The first kappa shape index (κ1) is 12.2. The zero-order chi connectivity index (χ0) is 11.8. The fourth-order valence-corrected chi connectivity index (χ4v) is 1.14. The molecule has 0 heterocycles. The van der Waals surface area contributed by atoms with E-state index in [-0.39, 0.29) is 24.8 Å². The molecule has 0 unspecified atom stereocenters. The van der Waals surface area contributed by atoms with Gasteiger partial charge in [0.1, 0.15) is 0 Å². The molecule has 4 N–H and O–H groups in total. The Kier molecular flexibility index (Phi) is 5.01. The van der Waals surface area contributed by atoms with Crippen LogP contribution in [-0.4, -0.2) is 24.9 Å².